The van der Waals surface area contributed by atoms with Gasteiger partial charge in [0.05, 0.1) is 0 Å². The Balaban J connectivity index is 1.69. The molecule has 1 aliphatic rings. The molecular weight excluding hydrogens is 296 g/mol. The predicted octanol–water partition coefficient (Wildman–Crippen LogP) is 2.27. The first kappa shape index (κ1) is 13.6. The SMILES string of the molecule is Clc1nc(NCC2CCSCC2)nc(-n2cccn2)n1. The normalized spacial score (nSPS) is 16.2. The molecule has 20 heavy (non-hydrogen) atoms. The summed E-state index contributed by atoms with van der Waals surface area (Å²) in [5.74, 6) is 4.09. The van der Waals surface area contributed by atoms with E-state index in [0.717, 1.165) is 6.54 Å². The topological polar surface area (TPSA) is 68.5 Å². The van der Waals surface area contributed by atoms with Crippen molar-refractivity contribution in [2.45, 2.75) is 12.8 Å². The van der Waals surface area contributed by atoms with Gasteiger partial charge in [-0.3, -0.25) is 0 Å². The molecule has 1 N–H and O–H groups in total. The maximum atomic E-state index is 5.94. The van der Waals surface area contributed by atoms with Crippen LogP contribution in [0.25, 0.3) is 5.95 Å². The average Bonchev–Trinajstić information content (AvgIpc) is 3.00. The molecule has 3 heterocycles. The fraction of sp³-hybridized carbons (Fsp3) is 0.500. The minimum atomic E-state index is 0.173. The average molecular weight is 311 g/mol. The molecule has 0 saturated carbocycles. The zero-order valence-electron chi connectivity index (χ0n) is 10.9. The largest absolute Gasteiger partial charge is 0.354 e. The van der Waals surface area contributed by atoms with Crippen LogP contribution in [0.2, 0.25) is 5.28 Å². The Morgan fingerprint density at radius 2 is 2.15 bits per heavy atom. The van der Waals surface area contributed by atoms with E-state index in [9.17, 15) is 0 Å². The first-order valence-electron chi connectivity index (χ1n) is 6.54. The molecule has 0 aliphatic carbocycles. The van der Waals surface area contributed by atoms with Crippen molar-refractivity contribution in [1.82, 2.24) is 24.7 Å². The van der Waals surface area contributed by atoms with E-state index < -0.39 is 0 Å². The number of thioether (sulfide) groups is 1. The van der Waals surface area contributed by atoms with Crippen LogP contribution in [-0.4, -0.2) is 42.8 Å². The minimum absolute atomic E-state index is 0.173. The van der Waals surface area contributed by atoms with Crippen LogP contribution >= 0.6 is 23.4 Å². The van der Waals surface area contributed by atoms with Crippen LogP contribution < -0.4 is 5.32 Å². The number of aromatic nitrogens is 5. The van der Waals surface area contributed by atoms with E-state index in [1.807, 2.05) is 17.8 Å². The van der Waals surface area contributed by atoms with Crippen molar-refractivity contribution in [3.05, 3.63) is 23.7 Å². The lowest BCUT2D eigenvalue weighted by atomic mass is 10.0. The summed E-state index contributed by atoms with van der Waals surface area (Å²) in [5, 5.41) is 7.53. The van der Waals surface area contributed by atoms with E-state index in [1.165, 1.54) is 24.3 Å². The zero-order chi connectivity index (χ0) is 13.8. The van der Waals surface area contributed by atoms with Crippen molar-refractivity contribution in [3.63, 3.8) is 0 Å². The highest BCUT2D eigenvalue weighted by Gasteiger charge is 2.14. The van der Waals surface area contributed by atoms with Gasteiger partial charge in [0.2, 0.25) is 11.2 Å². The van der Waals surface area contributed by atoms with Gasteiger partial charge in [-0.05, 0) is 47.9 Å². The van der Waals surface area contributed by atoms with Crippen molar-refractivity contribution in [3.8, 4) is 5.95 Å². The maximum absolute atomic E-state index is 5.94. The van der Waals surface area contributed by atoms with Gasteiger partial charge in [-0.15, -0.1) is 0 Å². The summed E-state index contributed by atoms with van der Waals surface area (Å²) in [6.45, 7) is 0.874. The van der Waals surface area contributed by atoms with Gasteiger partial charge in [-0.1, -0.05) is 0 Å². The lowest BCUT2D eigenvalue weighted by Crippen LogP contribution is -2.20. The zero-order valence-corrected chi connectivity index (χ0v) is 12.4. The number of nitrogens with zero attached hydrogens (tertiary/aromatic N) is 5. The second kappa shape index (κ2) is 6.41. The van der Waals surface area contributed by atoms with Gasteiger partial charge in [-0.2, -0.15) is 31.8 Å². The van der Waals surface area contributed by atoms with E-state index in [4.69, 9.17) is 11.6 Å². The van der Waals surface area contributed by atoms with E-state index >= 15 is 0 Å². The van der Waals surface area contributed by atoms with Crippen LogP contribution in [0, 0.1) is 5.92 Å². The Kier molecular flexibility index (Phi) is 4.37. The molecule has 0 radical (unpaired) electrons. The molecule has 1 aliphatic heterocycles. The molecule has 0 bridgehead atoms. The summed E-state index contributed by atoms with van der Waals surface area (Å²) in [4.78, 5) is 12.5. The van der Waals surface area contributed by atoms with Crippen LogP contribution in [-0.2, 0) is 0 Å². The van der Waals surface area contributed by atoms with Crippen molar-refractivity contribution in [2.75, 3.05) is 23.4 Å². The number of anilines is 1. The first-order valence-corrected chi connectivity index (χ1v) is 8.08. The highest BCUT2D eigenvalue weighted by atomic mass is 35.5. The Morgan fingerprint density at radius 3 is 2.90 bits per heavy atom. The number of nitrogens with one attached hydrogen (secondary N) is 1. The number of rotatable bonds is 4. The Labute approximate surface area is 126 Å². The molecule has 8 heteroatoms. The van der Waals surface area contributed by atoms with Crippen LogP contribution in [0.4, 0.5) is 5.95 Å². The van der Waals surface area contributed by atoms with Crippen LogP contribution in [0.5, 0.6) is 0 Å². The second-order valence-electron chi connectivity index (χ2n) is 4.62. The highest BCUT2D eigenvalue weighted by molar-refractivity contribution is 7.99. The molecule has 0 spiro atoms. The highest BCUT2D eigenvalue weighted by Crippen LogP contribution is 2.22. The molecule has 0 atom stereocenters. The third-order valence-corrected chi connectivity index (χ3v) is 4.41. The molecule has 106 valence electrons. The third kappa shape index (κ3) is 3.40. The maximum Gasteiger partial charge on any atom is 0.256 e. The van der Waals surface area contributed by atoms with E-state index in [-0.39, 0.29) is 5.28 Å². The van der Waals surface area contributed by atoms with E-state index in [1.54, 1.807) is 17.1 Å². The smallest absolute Gasteiger partial charge is 0.256 e. The number of hydrogen-bond donors (Lipinski definition) is 1. The number of halogens is 1. The summed E-state index contributed by atoms with van der Waals surface area (Å²) >= 11 is 7.96. The van der Waals surface area contributed by atoms with Crippen molar-refractivity contribution in [1.29, 1.82) is 0 Å². The third-order valence-electron chi connectivity index (χ3n) is 3.20. The molecule has 0 aromatic carbocycles. The van der Waals surface area contributed by atoms with Crippen molar-refractivity contribution >= 4 is 29.3 Å². The van der Waals surface area contributed by atoms with Gasteiger partial charge in [0, 0.05) is 18.9 Å². The van der Waals surface area contributed by atoms with E-state index in [2.05, 4.69) is 25.4 Å². The predicted molar refractivity (Wildman–Crippen MR) is 80.5 cm³/mol. The van der Waals surface area contributed by atoms with Crippen molar-refractivity contribution < 1.29 is 0 Å². The Bertz CT molecular complexity index is 555. The lowest BCUT2D eigenvalue weighted by molar-refractivity contribution is 0.514. The first-order chi connectivity index (χ1) is 9.81. The second-order valence-corrected chi connectivity index (χ2v) is 6.18. The summed E-state index contributed by atoms with van der Waals surface area (Å²) in [6.07, 6.45) is 5.92. The standard InChI is InChI=1S/C12H15ClN6S/c13-10-16-11(14-8-9-2-6-20-7-3-9)18-12(17-10)19-5-1-4-15-19/h1,4-5,9H,2-3,6-8H2,(H,14,16,17,18). The lowest BCUT2D eigenvalue weighted by Gasteiger charge is -2.21. The van der Waals surface area contributed by atoms with Crippen LogP contribution in [0.1, 0.15) is 12.8 Å². The van der Waals surface area contributed by atoms with Gasteiger partial charge in [0.25, 0.3) is 5.95 Å². The summed E-state index contributed by atoms with van der Waals surface area (Å²) in [5.41, 5.74) is 0. The summed E-state index contributed by atoms with van der Waals surface area (Å²) < 4.78 is 1.57. The summed E-state index contributed by atoms with van der Waals surface area (Å²) in [6, 6.07) is 1.81. The van der Waals surface area contributed by atoms with Crippen molar-refractivity contribution in [2.24, 2.45) is 5.92 Å². The fourth-order valence-corrected chi connectivity index (χ4v) is 3.45. The van der Waals surface area contributed by atoms with Gasteiger partial charge >= 0.3 is 0 Å². The Hall–Kier alpha value is -1.34. The molecule has 2 aromatic heterocycles. The Morgan fingerprint density at radius 1 is 1.30 bits per heavy atom. The van der Waals surface area contributed by atoms with Gasteiger partial charge in [0.15, 0.2) is 0 Å². The molecular formula is C12H15ClN6S. The molecule has 6 nitrogen and oxygen atoms in total. The molecule has 0 amide bonds. The van der Waals surface area contributed by atoms with Crippen LogP contribution in [0.3, 0.4) is 0 Å². The van der Waals surface area contributed by atoms with Gasteiger partial charge in [-0.25, -0.2) is 4.68 Å². The summed E-state index contributed by atoms with van der Waals surface area (Å²) in [7, 11) is 0. The van der Waals surface area contributed by atoms with Crippen LogP contribution in [0.15, 0.2) is 18.5 Å². The molecule has 1 saturated heterocycles. The monoisotopic (exact) mass is 310 g/mol. The molecule has 0 unspecified atom stereocenters. The van der Waals surface area contributed by atoms with Gasteiger partial charge < -0.3 is 5.32 Å². The fourth-order valence-electron chi connectivity index (χ4n) is 2.09. The quantitative estimate of drug-likeness (QED) is 0.934. The minimum Gasteiger partial charge on any atom is -0.354 e. The molecule has 1 fully saturated rings. The number of hydrogen-bond acceptors (Lipinski definition) is 6. The molecule has 2 aromatic rings. The van der Waals surface area contributed by atoms with E-state index in [0.29, 0.717) is 17.8 Å². The molecule has 3 rings (SSSR count). The van der Waals surface area contributed by atoms with Gasteiger partial charge in [0.1, 0.15) is 0 Å².